The molecule has 0 N–H and O–H groups in total. The Labute approximate surface area is 103 Å². The van der Waals surface area contributed by atoms with Crippen LogP contribution in [0, 0.1) is 24.4 Å². The molecule has 0 saturated heterocycles. The zero-order valence-corrected chi connectivity index (χ0v) is 9.62. The van der Waals surface area contributed by atoms with Crippen molar-refractivity contribution >= 4 is 11.9 Å². The maximum absolute atomic E-state index is 13.3. The lowest BCUT2D eigenvalue weighted by atomic mass is 10.2. The lowest BCUT2D eigenvalue weighted by Crippen LogP contribution is -1.95. The predicted molar refractivity (Wildman–Crippen MR) is 64.7 cm³/mol. The molecule has 0 unspecified atom stereocenters. The van der Waals surface area contributed by atoms with Gasteiger partial charge in [0.1, 0.15) is 17.5 Å². The molecule has 0 bridgehead atoms. The molecule has 18 heavy (non-hydrogen) atoms. The Kier molecular flexibility index (Phi) is 3.46. The number of para-hydroxylation sites is 1. The Morgan fingerprint density at radius 3 is 2.22 bits per heavy atom. The standard InChI is InChI=1S/C14H10F3N/c1-9-4-2-3-5-14(9)18-8-11-12(16)6-10(15)7-13(11)17/h2-8H,1H3/b18-8+. The number of benzene rings is 2. The van der Waals surface area contributed by atoms with Crippen molar-refractivity contribution in [2.24, 2.45) is 4.99 Å². The van der Waals surface area contributed by atoms with E-state index in [4.69, 9.17) is 0 Å². The maximum atomic E-state index is 13.3. The summed E-state index contributed by atoms with van der Waals surface area (Å²) in [6, 6.07) is 8.43. The van der Waals surface area contributed by atoms with Crippen molar-refractivity contribution in [1.82, 2.24) is 0 Å². The number of nitrogens with zero attached hydrogens (tertiary/aromatic N) is 1. The second kappa shape index (κ2) is 5.04. The van der Waals surface area contributed by atoms with Gasteiger partial charge in [0.25, 0.3) is 0 Å². The fourth-order valence-corrected chi connectivity index (χ4v) is 1.52. The lowest BCUT2D eigenvalue weighted by molar-refractivity contribution is 0.541. The third-order valence-electron chi connectivity index (χ3n) is 2.49. The Hall–Kier alpha value is -2.10. The van der Waals surface area contributed by atoms with Gasteiger partial charge < -0.3 is 0 Å². The van der Waals surface area contributed by atoms with Gasteiger partial charge in [-0.1, -0.05) is 18.2 Å². The molecule has 4 heteroatoms. The molecule has 0 atom stereocenters. The number of rotatable bonds is 2. The molecule has 0 radical (unpaired) electrons. The Balaban J connectivity index is 2.38. The highest BCUT2D eigenvalue weighted by Crippen LogP contribution is 2.18. The normalized spacial score (nSPS) is 11.1. The van der Waals surface area contributed by atoms with Gasteiger partial charge >= 0.3 is 0 Å². The summed E-state index contributed by atoms with van der Waals surface area (Å²) in [5.41, 5.74) is 1.15. The summed E-state index contributed by atoms with van der Waals surface area (Å²) >= 11 is 0. The van der Waals surface area contributed by atoms with Crippen LogP contribution in [-0.4, -0.2) is 6.21 Å². The van der Waals surface area contributed by atoms with E-state index in [2.05, 4.69) is 4.99 Å². The van der Waals surface area contributed by atoms with E-state index in [9.17, 15) is 13.2 Å². The van der Waals surface area contributed by atoms with E-state index in [-0.39, 0.29) is 5.56 Å². The minimum absolute atomic E-state index is 0.348. The highest BCUT2D eigenvalue weighted by Gasteiger charge is 2.09. The van der Waals surface area contributed by atoms with Gasteiger partial charge in [-0.15, -0.1) is 0 Å². The third kappa shape index (κ3) is 2.59. The summed E-state index contributed by atoms with van der Waals surface area (Å²) in [7, 11) is 0. The number of hydrogen-bond acceptors (Lipinski definition) is 1. The molecule has 0 aromatic heterocycles. The van der Waals surface area contributed by atoms with Crippen LogP contribution in [0.4, 0.5) is 18.9 Å². The van der Waals surface area contributed by atoms with Gasteiger partial charge in [-0.3, -0.25) is 4.99 Å². The second-order valence-electron chi connectivity index (χ2n) is 3.83. The highest BCUT2D eigenvalue weighted by atomic mass is 19.1. The fourth-order valence-electron chi connectivity index (χ4n) is 1.52. The first-order valence-electron chi connectivity index (χ1n) is 5.32. The molecule has 0 heterocycles. The van der Waals surface area contributed by atoms with E-state index in [0.29, 0.717) is 17.8 Å². The van der Waals surface area contributed by atoms with Gasteiger partial charge in [0, 0.05) is 18.3 Å². The van der Waals surface area contributed by atoms with Gasteiger partial charge in [-0.2, -0.15) is 0 Å². The average molecular weight is 249 g/mol. The molecule has 2 aromatic carbocycles. The fraction of sp³-hybridized carbons (Fsp3) is 0.0714. The van der Waals surface area contributed by atoms with Crippen molar-refractivity contribution < 1.29 is 13.2 Å². The van der Waals surface area contributed by atoms with Crippen LogP contribution in [-0.2, 0) is 0 Å². The Morgan fingerprint density at radius 1 is 1.00 bits per heavy atom. The molecule has 1 nitrogen and oxygen atoms in total. The van der Waals surface area contributed by atoms with Crippen LogP contribution in [0.25, 0.3) is 0 Å². The summed E-state index contributed by atoms with van der Waals surface area (Å²) in [5.74, 6) is -2.88. The number of hydrogen-bond donors (Lipinski definition) is 0. The van der Waals surface area contributed by atoms with Crippen molar-refractivity contribution in [3.8, 4) is 0 Å². The van der Waals surface area contributed by atoms with E-state index in [1.807, 2.05) is 19.1 Å². The summed E-state index contributed by atoms with van der Waals surface area (Å²) in [6.45, 7) is 1.84. The SMILES string of the molecule is Cc1ccccc1/N=C/c1c(F)cc(F)cc1F. The number of halogens is 3. The van der Waals surface area contributed by atoms with Crippen molar-refractivity contribution in [2.75, 3.05) is 0 Å². The number of aliphatic imine (C=N–C) groups is 1. The third-order valence-corrected chi connectivity index (χ3v) is 2.49. The zero-order valence-electron chi connectivity index (χ0n) is 9.62. The van der Waals surface area contributed by atoms with Gasteiger partial charge in [0.05, 0.1) is 11.3 Å². The molecule has 0 spiro atoms. The predicted octanol–water partition coefficient (Wildman–Crippen LogP) is 4.16. The van der Waals surface area contributed by atoms with E-state index in [1.165, 1.54) is 0 Å². The van der Waals surface area contributed by atoms with Gasteiger partial charge in [-0.05, 0) is 18.6 Å². The molecule has 0 aliphatic heterocycles. The molecule has 0 aliphatic carbocycles. The van der Waals surface area contributed by atoms with Crippen LogP contribution >= 0.6 is 0 Å². The van der Waals surface area contributed by atoms with E-state index in [1.54, 1.807) is 12.1 Å². The first kappa shape index (κ1) is 12.4. The summed E-state index contributed by atoms with van der Waals surface area (Å²) < 4.78 is 39.4. The minimum Gasteiger partial charge on any atom is -0.256 e. The van der Waals surface area contributed by atoms with Gasteiger partial charge in [0.2, 0.25) is 0 Å². The van der Waals surface area contributed by atoms with Crippen LogP contribution < -0.4 is 0 Å². The summed E-state index contributed by atoms with van der Waals surface area (Å²) in [4.78, 5) is 4.00. The van der Waals surface area contributed by atoms with E-state index < -0.39 is 17.5 Å². The van der Waals surface area contributed by atoms with Gasteiger partial charge in [0.15, 0.2) is 0 Å². The van der Waals surface area contributed by atoms with Crippen LogP contribution in [0.2, 0.25) is 0 Å². The first-order chi connectivity index (χ1) is 8.58. The second-order valence-corrected chi connectivity index (χ2v) is 3.83. The molecule has 92 valence electrons. The molecule has 0 fully saturated rings. The van der Waals surface area contributed by atoms with Crippen molar-refractivity contribution in [1.29, 1.82) is 0 Å². The van der Waals surface area contributed by atoms with Crippen molar-refractivity contribution in [3.05, 3.63) is 65.0 Å². The Morgan fingerprint density at radius 2 is 1.61 bits per heavy atom. The first-order valence-corrected chi connectivity index (χ1v) is 5.32. The molecule has 0 saturated carbocycles. The molecular weight excluding hydrogens is 239 g/mol. The van der Waals surface area contributed by atoms with E-state index in [0.717, 1.165) is 11.8 Å². The molecule has 0 amide bonds. The lowest BCUT2D eigenvalue weighted by Gasteiger charge is -2.01. The van der Waals surface area contributed by atoms with E-state index >= 15 is 0 Å². The van der Waals surface area contributed by atoms with Crippen molar-refractivity contribution in [3.63, 3.8) is 0 Å². The zero-order chi connectivity index (χ0) is 13.1. The molecule has 2 rings (SSSR count). The monoisotopic (exact) mass is 249 g/mol. The average Bonchev–Trinajstić information content (AvgIpc) is 2.30. The van der Waals surface area contributed by atoms with Crippen LogP contribution in [0.1, 0.15) is 11.1 Å². The maximum Gasteiger partial charge on any atom is 0.137 e. The Bertz CT molecular complexity index is 583. The quantitative estimate of drug-likeness (QED) is 0.708. The summed E-state index contributed by atoms with van der Waals surface area (Å²) in [5, 5.41) is 0. The minimum atomic E-state index is -0.968. The topological polar surface area (TPSA) is 12.4 Å². The highest BCUT2D eigenvalue weighted by molar-refractivity contribution is 5.82. The smallest absolute Gasteiger partial charge is 0.137 e. The largest absolute Gasteiger partial charge is 0.256 e. The molecule has 0 aliphatic rings. The molecular formula is C14H10F3N. The van der Waals surface area contributed by atoms with Gasteiger partial charge in [-0.25, -0.2) is 13.2 Å². The summed E-state index contributed by atoms with van der Waals surface area (Å²) in [6.07, 6.45) is 1.06. The van der Waals surface area contributed by atoms with Crippen LogP contribution in [0.3, 0.4) is 0 Å². The molecule has 2 aromatic rings. The van der Waals surface area contributed by atoms with Crippen molar-refractivity contribution in [2.45, 2.75) is 6.92 Å². The number of aryl methyl sites for hydroxylation is 1. The van der Waals surface area contributed by atoms with Crippen LogP contribution in [0.5, 0.6) is 0 Å². The van der Waals surface area contributed by atoms with Crippen LogP contribution in [0.15, 0.2) is 41.4 Å².